The Morgan fingerprint density at radius 1 is 1.39 bits per heavy atom. The van der Waals surface area contributed by atoms with Crippen LogP contribution in [0, 0.1) is 6.92 Å². The van der Waals surface area contributed by atoms with Crippen molar-refractivity contribution < 1.29 is 4.74 Å². The highest BCUT2D eigenvalue weighted by atomic mass is 16.5. The molecule has 0 aliphatic carbocycles. The summed E-state index contributed by atoms with van der Waals surface area (Å²) >= 11 is 0. The molecule has 1 heterocycles. The maximum Gasteiger partial charge on any atom is 0.0723 e. The average molecular weight is 248 g/mol. The van der Waals surface area contributed by atoms with Gasteiger partial charge < -0.3 is 15.4 Å². The Labute approximate surface area is 110 Å². The van der Waals surface area contributed by atoms with E-state index in [1.807, 2.05) is 0 Å². The lowest BCUT2D eigenvalue weighted by Gasteiger charge is -2.39. The van der Waals surface area contributed by atoms with Crippen molar-refractivity contribution in [3.8, 4) is 0 Å². The second-order valence-electron chi connectivity index (χ2n) is 5.30. The number of morpholine rings is 1. The summed E-state index contributed by atoms with van der Waals surface area (Å²) in [5.74, 6) is 0. The molecule has 100 valence electrons. The Balaban J connectivity index is 2.21. The van der Waals surface area contributed by atoms with Gasteiger partial charge in [-0.1, -0.05) is 12.1 Å². The van der Waals surface area contributed by atoms with Crippen LogP contribution in [0.4, 0.5) is 5.69 Å². The van der Waals surface area contributed by atoms with E-state index in [1.165, 1.54) is 16.8 Å². The maximum atomic E-state index is 5.69. The van der Waals surface area contributed by atoms with Crippen LogP contribution in [0.15, 0.2) is 18.2 Å². The van der Waals surface area contributed by atoms with Gasteiger partial charge in [-0.3, -0.25) is 0 Å². The van der Waals surface area contributed by atoms with Gasteiger partial charge >= 0.3 is 0 Å². The van der Waals surface area contributed by atoms with Crippen molar-refractivity contribution in [1.29, 1.82) is 0 Å². The van der Waals surface area contributed by atoms with E-state index in [0.717, 1.165) is 19.6 Å². The third kappa shape index (κ3) is 2.85. The number of benzene rings is 1. The molecule has 2 unspecified atom stereocenters. The Kier molecular flexibility index (Phi) is 4.25. The minimum Gasteiger partial charge on any atom is -0.375 e. The van der Waals surface area contributed by atoms with Gasteiger partial charge in [0, 0.05) is 18.3 Å². The van der Waals surface area contributed by atoms with Gasteiger partial charge in [0.15, 0.2) is 0 Å². The summed E-state index contributed by atoms with van der Waals surface area (Å²) < 4.78 is 5.69. The highest BCUT2D eigenvalue weighted by molar-refractivity contribution is 5.55. The lowest BCUT2D eigenvalue weighted by Crippen LogP contribution is -2.47. The van der Waals surface area contributed by atoms with Crippen LogP contribution < -0.4 is 10.6 Å². The quantitative estimate of drug-likeness (QED) is 0.890. The zero-order valence-corrected chi connectivity index (χ0v) is 11.6. The fourth-order valence-electron chi connectivity index (χ4n) is 2.60. The first-order valence-corrected chi connectivity index (χ1v) is 6.79. The van der Waals surface area contributed by atoms with E-state index in [4.69, 9.17) is 10.5 Å². The summed E-state index contributed by atoms with van der Waals surface area (Å²) in [6, 6.07) is 7.13. The molecule has 2 rings (SSSR count). The summed E-state index contributed by atoms with van der Waals surface area (Å²) in [4.78, 5) is 2.45. The normalized spacial score (nSPS) is 24.3. The van der Waals surface area contributed by atoms with Crippen LogP contribution in [0.25, 0.3) is 0 Å². The number of hydrogen-bond donors (Lipinski definition) is 1. The van der Waals surface area contributed by atoms with Crippen LogP contribution >= 0.6 is 0 Å². The molecule has 0 spiro atoms. The van der Waals surface area contributed by atoms with Crippen molar-refractivity contribution in [2.45, 2.75) is 39.3 Å². The molecule has 2 atom stereocenters. The van der Waals surface area contributed by atoms with Crippen LogP contribution in [0.1, 0.15) is 25.0 Å². The number of anilines is 1. The summed E-state index contributed by atoms with van der Waals surface area (Å²) in [5, 5.41) is 0. The average Bonchev–Trinajstić information content (AvgIpc) is 2.33. The standard InChI is InChI=1S/C15H24N2O/c1-11-8-14(6-7-16)4-5-15(11)17-9-13(3)18-10-12(17)2/h4-5,8,12-13H,6-7,9-10,16H2,1-3H3. The molecule has 0 aromatic heterocycles. The molecule has 0 saturated carbocycles. The van der Waals surface area contributed by atoms with Gasteiger partial charge in [-0.25, -0.2) is 0 Å². The largest absolute Gasteiger partial charge is 0.375 e. The van der Waals surface area contributed by atoms with Gasteiger partial charge in [0.05, 0.1) is 12.7 Å². The molecule has 1 fully saturated rings. The first-order valence-electron chi connectivity index (χ1n) is 6.79. The van der Waals surface area contributed by atoms with E-state index in [2.05, 4.69) is 43.9 Å². The van der Waals surface area contributed by atoms with Crippen molar-refractivity contribution in [2.24, 2.45) is 5.73 Å². The van der Waals surface area contributed by atoms with Crippen molar-refractivity contribution in [3.63, 3.8) is 0 Å². The van der Waals surface area contributed by atoms with Crippen molar-refractivity contribution in [3.05, 3.63) is 29.3 Å². The van der Waals surface area contributed by atoms with Crippen LogP contribution in [-0.2, 0) is 11.2 Å². The fraction of sp³-hybridized carbons (Fsp3) is 0.600. The van der Waals surface area contributed by atoms with E-state index < -0.39 is 0 Å². The molecule has 1 aromatic carbocycles. The summed E-state index contributed by atoms with van der Waals surface area (Å²) in [5.41, 5.74) is 9.60. The van der Waals surface area contributed by atoms with Crippen LogP contribution in [0.3, 0.4) is 0 Å². The highest BCUT2D eigenvalue weighted by Crippen LogP contribution is 2.26. The first-order chi connectivity index (χ1) is 8.61. The fourth-order valence-corrected chi connectivity index (χ4v) is 2.60. The van der Waals surface area contributed by atoms with Gasteiger partial charge in [-0.2, -0.15) is 0 Å². The first kappa shape index (κ1) is 13.4. The Morgan fingerprint density at radius 3 is 2.83 bits per heavy atom. The maximum absolute atomic E-state index is 5.69. The molecule has 0 bridgehead atoms. The van der Waals surface area contributed by atoms with Crippen LogP contribution in [-0.4, -0.2) is 31.8 Å². The van der Waals surface area contributed by atoms with Gasteiger partial charge in [0.1, 0.15) is 0 Å². The Hall–Kier alpha value is -1.06. The molecule has 1 saturated heterocycles. The molecule has 3 nitrogen and oxygen atoms in total. The monoisotopic (exact) mass is 248 g/mol. The number of hydrogen-bond acceptors (Lipinski definition) is 3. The van der Waals surface area contributed by atoms with Crippen molar-refractivity contribution >= 4 is 5.69 Å². The molecule has 3 heteroatoms. The summed E-state index contributed by atoms with van der Waals surface area (Å²) in [6.07, 6.45) is 1.26. The smallest absolute Gasteiger partial charge is 0.0723 e. The van der Waals surface area contributed by atoms with E-state index in [-0.39, 0.29) is 0 Å². The minimum atomic E-state index is 0.310. The minimum absolute atomic E-state index is 0.310. The SMILES string of the molecule is Cc1cc(CCN)ccc1N1CC(C)OCC1C. The third-order valence-electron chi connectivity index (χ3n) is 3.61. The van der Waals surface area contributed by atoms with Gasteiger partial charge in [-0.15, -0.1) is 0 Å². The lowest BCUT2D eigenvalue weighted by molar-refractivity contribution is 0.0343. The summed E-state index contributed by atoms with van der Waals surface area (Å²) in [6.45, 7) is 9.03. The molecule has 1 aromatic rings. The molecule has 1 aliphatic heterocycles. The number of ether oxygens (including phenoxy) is 1. The van der Waals surface area contributed by atoms with E-state index in [9.17, 15) is 0 Å². The molecule has 1 aliphatic rings. The zero-order valence-electron chi connectivity index (χ0n) is 11.6. The third-order valence-corrected chi connectivity index (χ3v) is 3.61. The van der Waals surface area contributed by atoms with Crippen LogP contribution in [0.5, 0.6) is 0 Å². The Morgan fingerprint density at radius 2 is 2.17 bits per heavy atom. The highest BCUT2D eigenvalue weighted by Gasteiger charge is 2.24. The number of rotatable bonds is 3. The number of nitrogens with two attached hydrogens (primary N) is 1. The topological polar surface area (TPSA) is 38.5 Å². The van der Waals surface area contributed by atoms with E-state index in [0.29, 0.717) is 18.7 Å². The van der Waals surface area contributed by atoms with Crippen molar-refractivity contribution in [1.82, 2.24) is 0 Å². The molecule has 0 radical (unpaired) electrons. The molecule has 0 amide bonds. The summed E-state index contributed by atoms with van der Waals surface area (Å²) in [7, 11) is 0. The lowest BCUT2D eigenvalue weighted by atomic mass is 10.0. The number of nitrogens with zero attached hydrogens (tertiary/aromatic N) is 1. The second kappa shape index (κ2) is 5.72. The predicted molar refractivity (Wildman–Crippen MR) is 76.2 cm³/mol. The van der Waals surface area contributed by atoms with E-state index >= 15 is 0 Å². The van der Waals surface area contributed by atoms with E-state index in [1.54, 1.807) is 0 Å². The number of aryl methyl sites for hydroxylation is 1. The Bertz CT molecular complexity index is 405. The second-order valence-corrected chi connectivity index (χ2v) is 5.30. The van der Waals surface area contributed by atoms with Gasteiger partial charge in [-0.05, 0) is 50.9 Å². The molecular weight excluding hydrogens is 224 g/mol. The van der Waals surface area contributed by atoms with Crippen LogP contribution in [0.2, 0.25) is 0 Å². The predicted octanol–water partition coefficient (Wildman–Crippen LogP) is 2.11. The van der Waals surface area contributed by atoms with Crippen molar-refractivity contribution in [2.75, 3.05) is 24.6 Å². The van der Waals surface area contributed by atoms with Gasteiger partial charge in [0.2, 0.25) is 0 Å². The molecule has 2 N–H and O–H groups in total. The molecular formula is C15H24N2O. The zero-order chi connectivity index (χ0) is 13.1. The molecule has 18 heavy (non-hydrogen) atoms. The van der Waals surface area contributed by atoms with Gasteiger partial charge in [0.25, 0.3) is 0 Å².